The van der Waals surface area contributed by atoms with Crippen molar-refractivity contribution in [1.82, 2.24) is 14.5 Å². The largest absolute Gasteiger partial charge is 0.278 e. The molecule has 3 nitrogen and oxygen atoms in total. The van der Waals surface area contributed by atoms with E-state index in [9.17, 15) is 0 Å². The molecule has 0 radical (unpaired) electrons. The fourth-order valence-electron chi connectivity index (χ4n) is 5.79. The maximum Gasteiger partial charge on any atom is 0.235 e. The van der Waals surface area contributed by atoms with Gasteiger partial charge >= 0.3 is 0 Å². The highest BCUT2D eigenvalue weighted by molar-refractivity contribution is 6.21. The molecule has 0 bridgehead atoms. The second-order valence-electron chi connectivity index (χ2n) is 9.87. The molecular weight excluding hydrogens is 474 g/mol. The molecule has 39 heavy (non-hydrogen) atoms. The molecule has 8 aromatic rings. The van der Waals surface area contributed by atoms with Crippen molar-refractivity contribution in [2.75, 3.05) is 0 Å². The predicted molar refractivity (Wildman–Crippen MR) is 162 cm³/mol. The van der Waals surface area contributed by atoms with Crippen molar-refractivity contribution in [1.29, 1.82) is 0 Å². The molecule has 0 fully saturated rings. The SMILES string of the molecule is c1ccc(-c2ccc3c4c5ccccc5ccc4n(-c4nc(-c5ccccc5)c5ccccc5n4)c3c2)cc1. The first kappa shape index (κ1) is 21.8. The van der Waals surface area contributed by atoms with Gasteiger partial charge in [-0.2, -0.15) is 0 Å². The van der Waals surface area contributed by atoms with Gasteiger partial charge in [-0.15, -0.1) is 0 Å². The Morgan fingerprint density at radius 3 is 1.95 bits per heavy atom. The van der Waals surface area contributed by atoms with E-state index in [4.69, 9.17) is 9.97 Å². The molecule has 8 rings (SSSR count). The Balaban J connectivity index is 1.52. The number of fused-ring (bicyclic) bond motifs is 6. The molecular formula is C36H23N3. The first-order valence-electron chi connectivity index (χ1n) is 13.2. The lowest BCUT2D eigenvalue weighted by Crippen LogP contribution is -2.03. The van der Waals surface area contributed by atoms with E-state index in [1.165, 1.54) is 32.7 Å². The van der Waals surface area contributed by atoms with E-state index < -0.39 is 0 Å². The Morgan fingerprint density at radius 2 is 1.13 bits per heavy atom. The first-order chi connectivity index (χ1) is 19.3. The van der Waals surface area contributed by atoms with Crippen LogP contribution in [0.15, 0.2) is 140 Å². The molecule has 0 aliphatic heterocycles. The topological polar surface area (TPSA) is 30.7 Å². The zero-order valence-electron chi connectivity index (χ0n) is 21.1. The van der Waals surface area contributed by atoms with Crippen LogP contribution in [0.3, 0.4) is 0 Å². The van der Waals surface area contributed by atoms with Crippen LogP contribution in [0.1, 0.15) is 0 Å². The van der Waals surface area contributed by atoms with Crippen LogP contribution in [0.5, 0.6) is 0 Å². The minimum atomic E-state index is 0.674. The molecule has 2 heterocycles. The summed E-state index contributed by atoms with van der Waals surface area (Å²) in [7, 11) is 0. The predicted octanol–water partition coefficient (Wildman–Crippen LogP) is 9.21. The molecule has 0 unspecified atom stereocenters. The summed E-state index contributed by atoms with van der Waals surface area (Å²) >= 11 is 0. The molecule has 0 saturated carbocycles. The monoisotopic (exact) mass is 497 g/mol. The number of aromatic nitrogens is 3. The van der Waals surface area contributed by atoms with Gasteiger partial charge in [0.05, 0.1) is 22.2 Å². The fraction of sp³-hybridized carbons (Fsp3) is 0. The Hall–Kier alpha value is -5.28. The number of benzene rings is 6. The van der Waals surface area contributed by atoms with Crippen LogP contribution in [0.2, 0.25) is 0 Å². The van der Waals surface area contributed by atoms with E-state index in [1.54, 1.807) is 0 Å². The minimum absolute atomic E-state index is 0.674. The molecule has 6 aromatic carbocycles. The van der Waals surface area contributed by atoms with Gasteiger partial charge in [0, 0.05) is 21.7 Å². The third-order valence-corrected chi connectivity index (χ3v) is 7.60. The summed E-state index contributed by atoms with van der Waals surface area (Å²) in [5, 5.41) is 5.92. The lowest BCUT2D eigenvalue weighted by molar-refractivity contribution is 1.01. The van der Waals surface area contributed by atoms with Crippen molar-refractivity contribution in [2.24, 2.45) is 0 Å². The van der Waals surface area contributed by atoms with E-state index in [-0.39, 0.29) is 0 Å². The lowest BCUT2D eigenvalue weighted by atomic mass is 10.0. The number of para-hydroxylation sites is 1. The van der Waals surface area contributed by atoms with Gasteiger partial charge in [-0.3, -0.25) is 4.57 Å². The van der Waals surface area contributed by atoms with Gasteiger partial charge in [-0.05, 0) is 40.1 Å². The van der Waals surface area contributed by atoms with Crippen molar-refractivity contribution in [2.45, 2.75) is 0 Å². The van der Waals surface area contributed by atoms with Gasteiger partial charge in [0.2, 0.25) is 5.95 Å². The molecule has 0 N–H and O–H groups in total. The van der Waals surface area contributed by atoms with Gasteiger partial charge in [0.15, 0.2) is 0 Å². The molecule has 0 aliphatic rings. The van der Waals surface area contributed by atoms with Crippen molar-refractivity contribution in [3.05, 3.63) is 140 Å². The average Bonchev–Trinajstić information content (AvgIpc) is 3.35. The fourth-order valence-corrected chi connectivity index (χ4v) is 5.79. The summed E-state index contributed by atoms with van der Waals surface area (Å²) in [4.78, 5) is 10.4. The molecule has 0 atom stereocenters. The van der Waals surface area contributed by atoms with Crippen LogP contribution in [-0.4, -0.2) is 14.5 Å². The van der Waals surface area contributed by atoms with Gasteiger partial charge < -0.3 is 0 Å². The Labute approximate surface area is 225 Å². The van der Waals surface area contributed by atoms with Gasteiger partial charge in [-0.1, -0.05) is 121 Å². The Morgan fingerprint density at radius 1 is 0.436 bits per heavy atom. The lowest BCUT2D eigenvalue weighted by Gasteiger charge is -2.12. The van der Waals surface area contributed by atoms with Crippen LogP contribution < -0.4 is 0 Å². The minimum Gasteiger partial charge on any atom is -0.278 e. The third kappa shape index (κ3) is 3.44. The molecule has 182 valence electrons. The van der Waals surface area contributed by atoms with E-state index in [2.05, 4.69) is 132 Å². The van der Waals surface area contributed by atoms with Crippen molar-refractivity contribution in [3.63, 3.8) is 0 Å². The van der Waals surface area contributed by atoms with Crippen molar-refractivity contribution < 1.29 is 0 Å². The Bertz CT molecular complexity index is 2160. The van der Waals surface area contributed by atoms with Crippen molar-refractivity contribution >= 4 is 43.5 Å². The number of rotatable bonds is 3. The van der Waals surface area contributed by atoms with E-state index in [1.807, 2.05) is 12.1 Å². The van der Waals surface area contributed by atoms with Crippen LogP contribution in [0, 0.1) is 0 Å². The highest BCUT2D eigenvalue weighted by Crippen LogP contribution is 2.39. The van der Waals surface area contributed by atoms with Gasteiger partial charge in [-0.25, -0.2) is 9.97 Å². The summed E-state index contributed by atoms with van der Waals surface area (Å²) < 4.78 is 2.24. The second-order valence-corrected chi connectivity index (χ2v) is 9.87. The first-order valence-corrected chi connectivity index (χ1v) is 13.2. The van der Waals surface area contributed by atoms with Crippen LogP contribution >= 0.6 is 0 Å². The second kappa shape index (κ2) is 8.64. The third-order valence-electron chi connectivity index (χ3n) is 7.60. The quantitative estimate of drug-likeness (QED) is 0.244. The highest BCUT2D eigenvalue weighted by Gasteiger charge is 2.19. The van der Waals surface area contributed by atoms with E-state index in [0.717, 1.165) is 33.2 Å². The van der Waals surface area contributed by atoms with E-state index >= 15 is 0 Å². The summed E-state index contributed by atoms with van der Waals surface area (Å²) in [5.41, 5.74) is 7.49. The van der Waals surface area contributed by atoms with Gasteiger partial charge in [0.25, 0.3) is 0 Å². The molecule has 0 amide bonds. The van der Waals surface area contributed by atoms with Crippen LogP contribution in [-0.2, 0) is 0 Å². The summed E-state index contributed by atoms with van der Waals surface area (Å²) in [6.07, 6.45) is 0. The van der Waals surface area contributed by atoms with E-state index in [0.29, 0.717) is 5.95 Å². The molecule has 2 aromatic heterocycles. The van der Waals surface area contributed by atoms with Crippen LogP contribution in [0.25, 0.3) is 71.8 Å². The normalized spacial score (nSPS) is 11.6. The summed E-state index contributed by atoms with van der Waals surface area (Å²) in [6, 6.07) is 49.0. The zero-order chi connectivity index (χ0) is 25.8. The maximum atomic E-state index is 5.25. The summed E-state index contributed by atoms with van der Waals surface area (Å²) in [5.74, 6) is 0.674. The molecule has 0 saturated heterocycles. The van der Waals surface area contributed by atoms with Crippen molar-refractivity contribution in [3.8, 4) is 28.3 Å². The maximum absolute atomic E-state index is 5.25. The molecule has 3 heteroatoms. The Kier molecular flexibility index (Phi) is 4.82. The zero-order valence-corrected chi connectivity index (χ0v) is 21.1. The number of hydrogen-bond acceptors (Lipinski definition) is 2. The summed E-state index contributed by atoms with van der Waals surface area (Å²) in [6.45, 7) is 0. The number of hydrogen-bond donors (Lipinski definition) is 0. The molecule has 0 aliphatic carbocycles. The highest BCUT2D eigenvalue weighted by atomic mass is 15.2. The smallest absolute Gasteiger partial charge is 0.235 e. The van der Waals surface area contributed by atoms with Gasteiger partial charge in [0.1, 0.15) is 0 Å². The van der Waals surface area contributed by atoms with Crippen LogP contribution in [0.4, 0.5) is 0 Å². The molecule has 0 spiro atoms. The number of nitrogens with zero attached hydrogens (tertiary/aromatic N) is 3. The average molecular weight is 498 g/mol. The standard InChI is InChI=1S/C36H23N3/c1-3-11-24(12-4-1)27-19-21-30-33(23-27)39(32-22-20-25-13-7-8-16-28(25)34(30)32)36-37-31-18-10-9-17-29(31)35(38-36)26-14-5-2-6-15-26/h1-23H.